The molecule has 3 amide bonds. The first-order valence-corrected chi connectivity index (χ1v) is 11.3. The number of nitrogens with zero attached hydrogens (tertiary/aromatic N) is 1. The molecule has 1 saturated carbocycles. The van der Waals surface area contributed by atoms with Crippen LogP contribution in [0.15, 0.2) is 59.5 Å². The van der Waals surface area contributed by atoms with Crippen LogP contribution in [0.2, 0.25) is 0 Å². The number of aliphatic hydroxyl groups excluding tert-OH is 1. The van der Waals surface area contributed by atoms with Gasteiger partial charge in [0.25, 0.3) is 11.5 Å². The van der Waals surface area contributed by atoms with Gasteiger partial charge in [-0.3, -0.25) is 9.59 Å². The quantitative estimate of drug-likeness (QED) is 0.413. The molecule has 1 heterocycles. The van der Waals surface area contributed by atoms with Crippen LogP contribution in [0.5, 0.6) is 0 Å². The molecule has 4 N–H and O–H groups in total. The van der Waals surface area contributed by atoms with E-state index in [1.54, 1.807) is 62.6 Å². The molecule has 0 unspecified atom stereocenters. The van der Waals surface area contributed by atoms with Crippen LogP contribution >= 0.6 is 0 Å². The number of aryl methyl sites for hydroxylation is 1. The Morgan fingerprint density at radius 3 is 2.43 bits per heavy atom. The molecular formula is C26H27FN4O4. The molecule has 0 radical (unpaired) electrons. The van der Waals surface area contributed by atoms with E-state index in [-0.39, 0.29) is 17.9 Å². The smallest absolute Gasteiger partial charge is 0.319 e. The molecule has 8 nitrogen and oxygen atoms in total. The van der Waals surface area contributed by atoms with Gasteiger partial charge in [0, 0.05) is 42.2 Å². The summed E-state index contributed by atoms with van der Waals surface area (Å²) in [5.41, 5.74) is 1.35. The minimum absolute atomic E-state index is 0.0793. The zero-order valence-electron chi connectivity index (χ0n) is 19.5. The maximum atomic E-state index is 14.2. The molecule has 2 aromatic carbocycles. The van der Waals surface area contributed by atoms with Crippen LogP contribution in [0.4, 0.5) is 20.6 Å². The van der Waals surface area contributed by atoms with E-state index in [1.165, 1.54) is 10.6 Å². The number of nitrogens with one attached hydrogen (secondary N) is 3. The predicted octanol–water partition coefficient (Wildman–Crippen LogP) is 3.90. The fourth-order valence-corrected chi connectivity index (χ4v) is 3.93. The summed E-state index contributed by atoms with van der Waals surface area (Å²) < 4.78 is 15.6. The maximum Gasteiger partial charge on any atom is 0.319 e. The number of anilines is 2. The Balaban J connectivity index is 1.63. The number of carbonyl (C=O) groups is 2. The first kappa shape index (κ1) is 24.2. The van der Waals surface area contributed by atoms with Gasteiger partial charge in [-0.25, -0.2) is 9.18 Å². The molecule has 35 heavy (non-hydrogen) atoms. The topological polar surface area (TPSA) is 112 Å². The first-order valence-electron chi connectivity index (χ1n) is 11.3. The van der Waals surface area contributed by atoms with Crippen LogP contribution in [-0.4, -0.2) is 28.2 Å². The van der Waals surface area contributed by atoms with Crippen molar-refractivity contribution in [3.05, 3.63) is 81.8 Å². The van der Waals surface area contributed by atoms with E-state index in [0.29, 0.717) is 52.9 Å². The number of halogens is 1. The number of urea groups is 1. The van der Waals surface area contributed by atoms with Crippen molar-refractivity contribution in [3.63, 3.8) is 0 Å². The second kappa shape index (κ2) is 9.71. The normalized spacial score (nSPS) is 13.7. The van der Waals surface area contributed by atoms with Crippen LogP contribution in [0.3, 0.4) is 0 Å². The maximum absolute atomic E-state index is 14.2. The fraction of sp³-hybridized carbons (Fsp3) is 0.269. The lowest BCUT2D eigenvalue weighted by Crippen LogP contribution is -2.32. The second-order valence-corrected chi connectivity index (χ2v) is 8.53. The number of alkyl halides is 1. The van der Waals surface area contributed by atoms with Crippen LogP contribution in [0.25, 0.3) is 11.1 Å². The Kier molecular flexibility index (Phi) is 6.70. The molecule has 9 heteroatoms. The number of pyridine rings is 1. The van der Waals surface area contributed by atoms with E-state index in [4.69, 9.17) is 0 Å². The standard InChI is InChI=1S/C26H27FN4O4/c1-3-28-25(35)30-22-13-17(14-31(2)24(22)34)19-5-4-6-21(20(19)15-32)29-23(33)16-7-9-18(10-8-16)26(27)11-12-26/h4-10,13-14,32H,3,11-12,15H2,1-2H3,(H,29,33)(H2,28,30,35). The third-order valence-corrected chi connectivity index (χ3v) is 6.02. The van der Waals surface area contributed by atoms with Crippen molar-refractivity contribution < 1.29 is 19.1 Å². The lowest BCUT2D eigenvalue weighted by Gasteiger charge is -2.16. The Morgan fingerprint density at radius 1 is 1.09 bits per heavy atom. The van der Waals surface area contributed by atoms with Gasteiger partial charge in [0.05, 0.1) is 6.61 Å². The van der Waals surface area contributed by atoms with Crippen molar-refractivity contribution in [2.24, 2.45) is 7.05 Å². The molecule has 1 aromatic heterocycles. The molecule has 182 valence electrons. The third kappa shape index (κ3) is 5.09. The van der Waals surface area contributed by atoms with Gasteiger partial charge in [0.2, 0.25) is 0 Å². The van der Waals surface area contributed by atoms with E-state index in [0.717, 1.165) is 0 Å². The highest BCUT2D eigenvalue weighted by Gasteiger charge is 2.44. The number of amides is 3. The van der Waals surface area contributed by atoms with Gasteiger partial charge in [0.1, 0.15) is 11.4 Å². The molecule has 0 aliphatic heterocycles. The average Bonchev–Trinajstić information content (AvgIpc) is 3.60. The van der Waals surface area contributed by atoms with Gasteiger partial charge >= 0.3 is 6.03 Å². The zero-order chi connectivity index (χ0) is 25.2. The van der Waals surface area contributed by atoms with Crippen molar-refractivity contribution in [3.8, 4) is 11.1 Å². The second-order valence-electron chi connectivity index (χ2n) is 8.53. The van der Waals surface area contributed by atoms with E-state index in [9.17, 15) is 23.9 Å². The van der Waals surface area contributed by atoms with Crippen molar-refractivity contribution in [1.29, 1.82) is 0 Å². The van der Waals surface area contributed by atoms with Crippen LogP contribution < -0.4 is 21.5 Å². The first-order chi connectivity index (χ1) is 16.8. The summed E-state index contributed by atoms with van der Waals surface area (Å²) in [5.74, 6) is -0.397. The van der Waals surface area contributed by atoms with Crippen LogP contribution in [-0.2, 0) is 19.3 Å². The number of benzene rings is 2. The lowest BCUT2D eigenvalue weighted by atomic mass is 9.99. The minimum atomic E-state index is -1.27. The molecule has 4 rings (SSSR count). The molecule has 1 fully saturated rings. The number of rotatable bonds is 7. The number of carbonyl (C=O) groups excluding carboxylic acids is 2. The number of aromatic nitrogens is 1. The van der Waals surface area contributed by atoms with Gasteiger partial charge in [-0.05, 0) is 55.2 Å². The number of hydrogen-bond donors (Lipinski definition) is 4. The van der Waals surface area contributed by atoms with Crippen LogP contribution in [0.1, 0.15) is 41.3 Å². The van der Waals surface area contributed by atoms with E-state index < -0.39 is 17.6 Å². The highest BCUT2D eigenvalue weighted by molar-refractivity contribution is 6.05. The Hall–Kier alpha value is -3.98. The molecule has 0 saturated heterocycles. The van der Waals surface area contributed by atoms with Crippen molar-refractivity contribution in [1.82, 2.24) is 9.88 Å². The van der Waals surface area contributed by atoms with E-state index in [1.807, 2.05) is 0 Å². The fourth-order valence-electron chi connectivity index (χ4n) is 3.93. The summed E-state index contributed by atoms with van der Waals surface area (Å²) in [4.78, 5) is 37.3. The highest BCUT2D eigenvalue weighted by Crippen LogP contribution is 2.49. The third-order valence-electron chi connectivity index (χ3n) is 6.02. The molecule has 1 aliphatic carbocycles. The summed E-state index contributed by atoms with van der Waals surface area (Å²) in [6.45, 7) is 1.79. The lowest BCUT2D eigenvalue weighted by molar-refractivity contribution is 0.102. The van der Waals surface area contributed by atoms with Gasteiger partial charge in [0.15, 0.2) is 0 Å². The number of aliphatic hydroxyl groups is 1. The molecular weight excluding hydrogens is 451 g/mol. The largest absolute Gasteiger partial charge is 0.392 e. The van der Waals surface area contributed by atoms with E-state index in [2.05, 4.69) is 16.0 Å². The highest BCUT2D eigenvalue weighted by atomic mass is 19.1. The van der Waals surface area contributed by atoms with Crippen LogP contribution in [0, 0.1) is 0 Å². The molecule has 0 atom stereocenters. The van der Waals surface area contributed by atoms with Gasteiger partial charge in [-0.2, -0.15) is 0 Å². The summed E-state index contributed by atoms with van der Waals surface area (Å²) in [6, 6.07) is 12.6. The molecule has 0 spiro atoms. The Labute approximate surface area is 201 Å². The van der Waals surface area contributed by atoms with Gasteiger partial charge < -0.3 is 25.6 Å². The SMILES string of the molecule is CCNC(=O)Nc1cc(-c2cccc(NC(=O)c3ccc(C4(F)CC4)cc3)c2CO)cn(C)c1=O. The zero-order valence-corrected chi connectivity index (χ0v) is 19.5. The summed E-state index contributed by atoms with van der Waals surface area (Å²) in [5, 5.41) is 18.1. The minimum Gasteiger partial charge on any atom is -0.392 e. The summed E-state index contributed by atoms with van der Waals surface area (Å²) in [6.07, 6.45) is 2.59. The van der Waals surface area contributed by atoms with Gasteiger partial charge in [-0.1, -0.05) is 24.3 Å². The predicted molar refractivity (Wildman–Crippen MR) is 132 cm³/mol. The van der Waals surface area contributed by atoms with Gasteiger partial charge in [-0.15, -0.1) is 0 Å². The van der Waals surface area contributed by atoms with E-state index >= 15 is 0 Å². The van der Waals surface area contributed by atoms with Crippen molar-refractivity contribution in [2.75, 3.05) is 17.2 Å². The van der Waals surface area contributed by atoms with Crippen molar-refractivity contribution in [2.45, 2.75) is 32.0 Å². The monoisotopic (exact) mass is 478 g/mol. The number of hydrogen-bond acceptors (Lipinski definition) is 4. The summed E-state index contributed by atoms with van der Waals surface area (Å²) >= 11 is 0. The summed E-state index contributed by atoms with van der Waals surface area (Å²) in [7, 11) is 1.56. The Bertz CT molecular complexity index is 1330. The molecule has 3 aromatic rings. The average molecular weight is 479 g/mol. The molecule has 1 aliphatic rings. The molecule has 0 bridgehead atoms. The van der Waals surface area contributed by atoms with Crippen molar-refractivity contribution >= 4 is 23.3 Å². The Morgan fingerprint density at radius 2 is 1.80 bits per heavy atom.